The fraction of sp³-hybridized carbons (Fsp3) is 0.583. The lowest BCUT2D eigenvalue weighted by Crippen LogP contribution is -2.40. The highest BCUT2D eigenvalue weighted by atomic mass is 79.9. The van der Waals surface area contributed by atoms with E-state index in [0.29, 0.717) is 0 Å². The Bertz CT molecular complexity index is 285. The van der Waals surface area contributed by atoms with E-state index in [-0.39, 0.29) is 0 Å². The smallest absolute Gasteiger partial charge is 0.0312 e. The Balaban J connectivity index is 1.93. The second-order valence-corrected chi connectivity index (χ2v) is 4.90. The van der Waals surface area contributed by atoms with E-state index in [0.717, 1.165) is 24.5 Å². The molecule has 0 unspecified atom stereocenters. The maximum atomic E-state index is 4.16. The van der Waals surface area contributed by atoms with Crippen LogP contribution in [0.1, 0.15) is 24.8 Å². The summed E-state index contributed by atoms with van der Waals surface area (Å²) in [6, 6.07) is 4.98. The van der Waals surface area contributed by atoms with E-state index in [9.17, 15) is 0 Å². The third-order valence-electron chi connectivity index (χ3n) is 3.07. The molecular formula is C12H17BrN2. The first-order chi connectivity index (χ1) is 7.40. The fourth-order valence-corrected chi connectivity index (χ4v) is 2.43. The Kier molecular flexibility index (Phi) is 4.15. The second kappa shape index (κ2) is 5.61. The van der Waals surface area contributed by atoms with Crippen LogP contribution >= 0.6 is 15.9 Å². The molecule has 0 saturated heterocycles. The fourth-order valence-electron chi connectivity index (χ4n) is 1.98. The van der Waals surface area contributed by atoms with Crippen molar-refractivity contribution in [3.05, 3.63) is 30.1 Å². The van der Waals surface area contributed by atoms with Crippen LogP contribution in [0.5, 0.6) is 0 Å². The number of pyridine rings is 1. The predicted octanol–water partition coefficient (Wildman–Crippen LogP) is 2.83. The number of rotatable bonds is 5. The first kappa shape index (κ1) is 11.1. The normalized spacial score (nSPS) is 16.7. The molecule has 0 radical (unpaired) electrons. The lowest BCUT2D eigenvalue weighted by Gasteiger charge is -2.37. The molecule has 82 valence electrons. The summed E-state index contributed by atoms with van der Waals surface area (Å²) in [4.78, 5) is 6.73. The molecule has 0 aromatic carbocycles. The number of nitrogens with zero attached hydrogens (tertiary/aromatic N) is 2. The minimum absolute atomic E-state index is 0.808. The third-order valence-corrected chi connectivity index (χ3v) is 3.43. The molecule has 1 aliphatic rings. The topological polar surface area (TPSA) is 16.1 Å². The van der Waals surface area contributed by atoms with Crippen LogP contribution in [0.4, 0.5) is 0 Å². The summed E-state index contributed by atoms with van der Waals surface area (Å²) in [5.74, 6) is 0. The molecule has 0 bridgehead atoms. The van der Waals surface area contributed by atoms with Gasteiger partial charge >= 0.3 is 0 Å². The van der Waals surface area contributed by atoms with E-state index in [1.54, 1.807) is 0 Å². The molecule has 1 saturated carbocycles. The van der Waals surface area contributed by atoms with Gasteiger partial charge in [0.05, 0.1) is 0 Å². The van der Waals surface area contributed by atoms with E-state index >= 15 is 0 Å². The SMILES string of the molecule is BrCCN(Cc1cccnc1)C1CCC1. The van der Waals surface area contributed by atoms with Crippen molar-refractivity contribution in [2.45, 2.75) is 31.8 Å². The molecule has 3 heteroatoms. The van der Waals surface area contributed by atoms with Crippen LogP contribution in [0.3, 0.4) is 0 Å². The Labute approximate surface area is 99.8 Å². The van der Waals surface area contributed by atoms with Crippen LogP contribution in [-0.4, -0.2) is 27.8 Å². The van der Waals surface area contributed by atoms with E-state index < -0.39 is 0 Å². The molecule has 0 amide bonds. The third kappa shape index (κ3) is 3.02. The van der Waals surface area contributed by atoms with Crippen molar-refractivity contribution in [3.63, 3.8) is 0 Å². The molecule has 0 spiro atoms. The molecule has 15 heavy (non-hydrogen) atoms. The van der Waals surface area contributed by atoms with Crippen LogP contribution in [0.15, 0.2) is 24.5 Å². The van der Waals surface area contributed by atoms with Gasteiger partial charge in [0.2, 0.25) is 0 Å². The zero-order valence-corrected chi connectivity index (χ0v) is 10.5. The van der Waals surface area contributed by atoms with E-state index in [4.69, 9.17) is 0 Å². The van der Waals surface area contributed by atoms with Crippen molar-refractivity contribution in [3.8, 4) is 0 Å². The van der Waals surface area contributed by atoms with Gasteiger partial charge in [0.15, 0.2) is 0 Å². The Morgan fingerprint density at radius 2 is 2.33 bits per heavy atom. The molecule has 0 aliphatic heterocycles. The largest absolute Gasteiger partial charge is 0.295 e. The minimum Gasteiger partial charge on any atom is -0.295 e. The summed E-state index contributed by atoms with van der Waals surface area (Å²) in [5, 5.41) is 1.06. The van der Waals surface area contributed by atoms with Crippen LogP contribution in [0.25, 0.3) is 0 Å². The van der Waals surface area contributed by atoms with Crippen molar-refractivity contribution in [2.75, 3.05) is 11.9 Å². The lowest BCUT2D eigenvalue weighted by molar-refractivity contribution is 0.128. The molecule has 1 aromatic heterocycles. The summed E-state index contributed by atoms with van der Waals surface area (Å²) < 4.78 is 0. The molecule has 1 fully saturated rings. The molecule has 0 atom stereocenters. The standard InChI is InChI=1S/C12H17BrN2/c13-6-8-15(12-4-1-5-12)10-11-3-2-7-14-9-11/h2-3,7,9,12H,1,4-6,8,10H2. The number of hydrogen-bond donors (Lipinski definition) is 0. The van der Waals surface area contributed by atoms with Crippen molar-refractivity contribution in [2.24, 2.45) is 0 Å². The van der Waals surface area contributed by atoms with Gasteiger partial charge in [0, 0.05) is 36.9 Å². The summed E-state index contributed by atoms with van der Waals surface area (Å²) >= 11 is 3.53. The maximum Gasteiger partial charge on any atom is 0.0312 e. The number of aromatic nitrogens is 1. The van der Waals surface area contributed by atoms with Gasteiger partial charge in [-0.05, 0) is 24.5 Å². The molecule has 1 aliphatic carbocycles. The van der Waals surface area contributed by atoms with Gasteiger partial charge in [-0.1, -0.05) is 28.4 Å². The predicted molar refractivity (Wildman–Crippen MR) is 66.1 cm³/mol. The molecular weight excluding hydrogens is 252 g/mol. The van der Waals surface area contributed by atoms with Crippen LogP contribution in [0, 0.1) is 0 Å². The average Bonchev–Trinajstić information content (AvgIpc) is 2.17. The first-order valence-electron chi connectivity index (χ1n) is 5.59. The summed E-state index contributed by atoms with van der Waals surface area (Å²) in [5.41, 5.74) is 1.32. The van der Waals surface area contributed by atoms with Crippen LogP contribution < -0.4 is 0 Å². The molecule has 1 aromatic rings. The van der Waals surface area contributed by atoms with Gasteiger partial charge in [-0.3, -0.25) is 9.88 Å². The van der Waals surface area contributed by atoms with Gasteiger partial charge in [-0.15, -0.1) is 0 Å². The molecule has 1 heterocycles. The van der Waals surface area contributed by atoms with Crippen molar-refractivity contribution < 1.29 is 0 Å². The van der Waals surface area contributed by atoms with Crippen molar-refractivity contribution in [1.82, 2.24) is 9.88 Å². The van der Waals surface area contributed by atoms with Gasteiger partial charge in [-0.25, -0.2) is 0 Å². The minimum atomic E-state index is 0.808. The Morgan fingerprint density at radius 1 is 1.47 bits per heavy atom. The number of hydrogen-bond acceptors (Lipinski definition) is 2. The Hall–Kier alpha value is -0.410. The van der Waals surface area contributed by atoms with Gasteiger partial charge < -0.3 is 0 Å². The highest BCUT2D eigenvalue weighted by Gasteiger charge is 2.24. The molecule has 0 N–H and O–H groups in total. The van der Waals surface area contributed by atoms with Gasteiger partial charge in [0.1, 0.15) is 0 Å². The summed E-state index contributed by atoms with van der Waals surface area (Å²) in [6.07, 6.45) is 7.94. The van der Waals surface area contributed by atoms with Crippen molar-refractivity contribution in [1.29, 1.82) is 0 Å². The van der Waals surface area contributed by atoms with E-state index in [1.165, 1.54) is 24.8 Å². The molecule has 2 rings (SSSR count). The van der Waals surface area contributed by atoms with Gasteiger partial charge in [0.25, 0.3) is 0 Å². The molecule has 2 nitrogen and oxygen atoms in total. The van der Waals surface area contributed by atoms with E-state index in [2.05, 4.69) is 31.9 Å². The lowest BCUT2D eigenvalue weighted by atomic mass is 9.91. The van der Waals surface area contributed by atoms with Crippen LogP contribution in [-0.2, 0) is 6.54 Å². The highest BCUT2D eigenvalue weighted by Crippen LogP contribution is 2.25. The Morgan fingerprint density at radius 3 is 2.87 bits per heavy atom. The monoisotopic (exact) mass is 268 g/mol. The number of alkyl halides is 1. The quantitative estimate of drug-likeness (QED) is 0.764. The highest BCUT2D eigenvalue weighted by molar-refractivity contribution is 9.09. The maximum absolute atomic E-state index is 4.16. The second-order valence-electron chi connectivity index (χ2n) is 4.11. The average molecular weight is 269 g/mol. The van der Waals surface area contributed by atoms with E-state index in [1.807, 2.05) is 18.5 Å². The zero-order chi connectivity index (χ0) is 10.5. The van der Waals surface area contributed by atoms with Crippen molar-refractivity contribution >= 4 is 15.9 Å². The first-order valence-corrected chi connectivity index (χ1v) is 6.71. The van der Waals surface area contributed by atoms with Gasteiger partial charge in [-0.2, -0.15) is 0 Å². The number of halogens is 1. The van der Waals surface area contributed by atoms with Crippen LogP contribution in [0.2, 0.25) is 0 Å². The zero-order valence-electron chi connectivity index (χ0n) is 8.90. The summed E-state index contributed by atoms with van der Waals surface area (Å²) in [7, 11) is 0. The summed E-state index contributed by atoms with van der Waals surface area (Å²) in [6.45, 7) is 2.18.